The van der Waals surface area contributed by atoms with Crippen molar-refractivity contribution >= 4 is 3.07 Å². The Morgan fingerprint density at radius 3 is 2.00 bits per heavy atom. The van der Waals surface area contributed by atoms with Gasteiger partial charge in [0.1, 0.15) is 0 Å². The topological polar surface area (TPSA) is 0 Å². The quantitative estimate of drug-likeness (QED) is 0.630. The van der Waals surface area contributed by atoms with Gasteiger partial charge in [0, 0.05) is 0 Å². The monoisotopic (exact) mass is 293 g/mol. The molecule has 0 fully saturated rings. The predicted octanol–water partition coefficient (Wildman–Crippen LogP) is 1.17. The molecular weight excluding hydrogens is 285 g/mol. The van der Waals surface area contributed by atoms with E-state index in [-0.39, 0.29) is 0 Å². The van der Waals surface area contributed by atoms with Crippen LogP contribution in [0.4, 0.5) is 0 Å². The zero-order chi connectivity index (χ0) is 5.98. The molecule has 1 heteroatoms. The minimum atomic E-state index is 0.802. The molecule has 8 heavy (non-hydrogen) atoms. The molecule has 1 rings (SSSR count). The molecule has 0 bridgehead atoms. The maximum atomic E-state index is 2.21. The molecule has 0 spiro atoms. The number of benzene rings is 1. The van der Waals surface area contributed by atoms with Crippen LogP contribution in [0.15, 0.2) is 24.3 Å². The van der Waals surface area contributed by atoms with Gasteiger partial charge in [-0.1, -0.05) is 0 Å². The van der Waals surface area contributed by atoms with E-state index in [1.807, 2.05) is 0 Å². The second kappa shape index (κ2) is 2.63. The third-order valence-corrected chi connectivity index (χ3v) is 2.95. The van der Waals surface area contributed by atoms with Crippen LogP contribution < -0.4 is 3.07 Å². The molecule has 0 atom stereocenters. The number of aryl methyl sites for hydroxylation is 1. The Hall–Kier alpha value is 0.155. The van der Waals surface area contributed by atoms with Gasteiger partial charge < -0.3 is 0 Å². The van der Waals surface area contributed by atoms with Gasteiger partial charge in [0.2, 0.25) is 0 Å². The molecule has 1 aromatic rings. The summed E-state index contributed by atoms with van der Waals surface area (Å²) < 4.78 is 1.52. The fraction of sp³-hybridized carbons (Fsp3) is 0.143. The molecule has 0 aliphatic rings. The molecule has 36 valence electrons. The first kappa shape index (κ1) is 6.28. The standard InChI is InChI=1S/C7H7.Hg/c1-7-5-3-2-4-6-7;/h3-6H,1H3;/q;+1. The van der Waals surface area contributed by atoms with Crippen molar-refractivity contribution in [3.63, 3.8) is 0 Å². The van der Waals surface area contributed by atoms with Gasteiger partial charge >= 0.3 is 65.9 Å². The maximum absolute atomic E-state index is 2.21. The van der Waals surface area contributed by atoms with Gasteiger partial charge in [-0.3, -0.25) is 0 Å². The van der Waals surface area contributed by atoms with Gasteiger partial charge in [-0.25, -0.2) is 0 Å². The van der Waals surface area contributed by atoms with Crippen LogP contribution in [0.5, 0.6) is 0 Å². The third-order valence-electron chi connectivity index (χ3n) is 1.12. The fourth-order valence-corrected chi connectivity index (χ4v) is 1.50. The average molecular weight is 292 g/mol. The van der Waals surface area contributed by atoms with Crippen molar-refractivity contribution < 1.29 is 26.1 Å². The summed E-state index contributed by atoms with van der Waals surface area (Å²) in [6, 6.07) is 8.75. The summed E-state index contributed by atoms with van der Waals surface area (Å²) >= 11 is 0.802. The van der Waals surface area contributed by atoms with Crippen molar-refractivity contribution in [2.75, 3.05) is 0 Å². The molecule has 0 radical (unpaired) electrons. The van der Waals surface area contributed by atoms with Gasteiger partial charge in [0.25, 0.3) is 0 Å². The van der Waals surface area contributed by atoms with Crippen molar-refractivity contribution in [1.29, 1.82) is 0 Å². The van der Waals surface area contributed by atoms with Crippen LogP contribution in [0, 0.1) is 6.92 Å². The summed E-state index contributed by atoms with van der Waals surface area (Å²) in [7, 11) is 0. The SMILES string of the molecule is Cc1cc[c]([Hg+])cc1. The van der Waals surface area contributed by atoms with Crippen LogP contribution in [0.3, 0.4) is 0 Å². The summed E-state index contributed by atoms with van der Waals surface area (Å²) in [5.41, 5.74) is 1.36. The van der Waals surface area contributed by atoms with Crippen molar-refractivity contribution in [2.24, 2.45) is 0 Å². The Bertz CT molecular complexity index is 143. The van der Waals surface area contributed by atoms with Gasteiger partial charge in [-0.2, -0.15) is 0 Å². The molecule has 0 aromatic heterocycles. The third kappa shape index (κ3) is 1.59. The normalized spacial score (nSPS) is 9.38. The van der Waals surface area contributed by atoms with E-state index in [0.29, 0.717) is 0 Å². The predicted molar refractivity (Wildman–Crippen MR) is 30.8 cm³/mol. The zero-order valence-corrected chi connectivity index (χ0v) is 10.5. The van der Waals surface area contributed by atoms with E-state index in [2.05, 4.69) is 31.2 Å². The van der Waals surface area contributed by atoms with Crippen LogP contribution in [0.1, 0.15) is 5.56 Å². The number of rotatable bonds is 0. The first-order valence-corrected chi connectivity index (χ1v) is 5.42. The van der Waals surface area contributed by atoms with E-state index >= 15 is 0 Å². The van der Waals surface area contributed by atoms with E-state index in [1.165, 1.54) is 8.64 Å². The van der Waals surface area contributed by atoms with E-state index in [1.54, 1.807) is 0 Å². The van der Waals surface area contributed by atoms with Gasteiger partial charge in [0.05, 0.1) is 0 Å². The van der Waals surface area contributed by atoms with Crippen LogP contribution >= 0.6 is 0 Å². The molecular formula is C7H7Hg+. The second-order valence-electron chi connectivity index (χ2n) is 1.99. The summed E-state index contributed by atoms with van der Waals surface area (Å²) in [4.78, 5) is 0. The average Bonchev–Trinajstić information content (AvgIpc) is 1.77. The Balaban J connectivity index is 3.03. The Kier molecular flexibility index (Phi) is 2.06. The van der Waals surface area contributed by atoms with Crippen molar-refractivity contribution in [3.05, 3.63) is 29.8 Å². The Morgan fingerprint density at radius 1 is 1.12 bits per heavy atom. The molecule has 0 nitrogen and oxygen atoms in total. The number of hydrogen-bond acceptors (Lipinski definition) is 0. The molecule has 0 N–H and O–H groups in total. The molecule has 0 aliphatic carbocycles. The van der Waals surface area contributed by atoms with Gasteiger partial charge in [-0.15, -0.1) is 0 Å². The second-order valence-corrected chi connectivity index (χ2v) is 5.16. The zero-order valence-electron chi connectivity index (χ0n) is 5.02. The Morgan fingerprint density at radius 2 is 1.62 bits per heavy atom. The van der Waals surface area contributed by atoms with Gasteiger partial charge in [0.15, 0.2) is 0 Å². The van der Waals surface area contributed by atoms with E-state index in [4.69, 9.17) is 0 Å². The first-order valence-electron chi connectivity index (χ1n) is 2.67. The van der Waals surface area contributed by atoms with Crippen LogP contribution in [-0.4, -0.2) is 0 Å². The number of hydrogen-bond donors (Lipinski definition) is 0. The van der Waals surface area contributed by atoms with E-state index in [0.717, 1.165) is 26.1 Å². The minimum absolute atomic E-state index is 0.802. The molecule has 0 aliphatic heterocycles. The fourth-order valence-electron chi connectivity index (χ4n) is 0.588. The first-order chi connectivity index (χ1) is 3.79. The van der Waals surface area contributed by atoms with Crippen LogP contribution in [-0.2, 0) is 26.1 Å². The van der Waals surface area contributed by atoms with Crippen LogP contribution in [0.2, 0.25) is 0 Å². The molecule has 0 saturated heterocycles. The summed E-state index contributed by atoms with van der Waals surface area (Å²) in [6.07, 6.45) is 0. The summed E-state index contributed by atoms with van der Waals surface area (Å²) in [5.74, 6) is 0. The van der Waals surface area contributed by atoms with Crippen molar-refractivity contribution in [2.45, 2.75) is 6.92 Å². The molecule has 1 aromatic carbocycles. The Labute approximate surface area is 65.9 Å². The van der Waals surface area contributed by atoms with Gasteiger partial charge in [-0.05, 0) is 0 Å². The summed E-state index contributed by atoms with van der Waals surface area (Å²) in [6.45, 7) is 2.12. The molecule has 0 saturated carbocycles. The van der Waals surface area contributed by atoms with Crippen LogP contribution in [0.25, 0.3) is 0 Å². The molecule has 0 unspecified atom stereocenters. The summed E-state index contributed by atoms with van der Waals surface area (Å²) in [5, 5.41) is 0. The van der Waals surface area contributed by atoms with E-state index < -0.39 is 0 Å². The molecule has 0 heterocycles. The van der Waals surface area contributed by atoms with E-state index in [9.17, 15) is 0 Å². The van der Waals surface area contributed by atoms with Crippen molar-refractivity contribution in [3.8, 4) is 0 Å². The molecule has 0 amide bonds. The van der Waals surface area contributed by atoms with Crippen molar-refractivity contribution in [1.82, 2.24) is 0 Å².